The van der Waals surface area contributed by atoms with E-state index in [1.807, 2.05) is 13.0 Å². The third-order valence-electron chi connectivity index (χ3n) is 4.89. The molecule has 0 amide bonds. The summed E-state index contributed by atoms with van der Waals surface area (Å²) in [6.45, 7) is 2.44. The minimum atomic E-state index is -0.893. The number of benzene rings is 1. The second-order valence-electron chi connectivity index (χ2n) is 6.88. The van der Waals surface area contributed by atoms with Crippen molar-refractivity contribution in [1.29, 1.82) is 0 Å². The molecule has 2 unspecified atom stereocenters. The van der Waals surface area contributed by atoms with Crippen LogP contribution in [0.1, 0.15) is 30.7 Å². The molecule has 0 saturated carbocycles. The Hall–Kier alpha value is -3.13. The molecule has 1 aliphatic heterocycles. The first kappa shape index (κ1) is 19.2. The van der Waals surface area contributed by atoms with Crippen LogP contribution in [0.2, 0.25) is 0 Å². The van der Waals surface area contributed by atoms with Gasteiger partial charge in [0.2, 0.25) is 0 Å². The quantitative estimate of drug-likeness (QED) is 0.686. The number of nitrogens with one attached hydrogen (secondary N) is 2. The maximum absolute atomic E-state index is 13.6. The Morgan fingerprint density at radius 2 is 2.07 bits per heavy atom. The van der Waals surface area contributed by atoms with Gasteiger partial charge in [0, 0.05) is 30.1 Å². The molecule has 2 aromatic heterocycles. The summed E-state index contributed by atoms with van der Waals surface area (Å²) in [5.74, 6) is -0.689. The van der Waals surface area contributed by atoms with Crippen molar-refractivity contribution in [2.45, 2.75) is 31.9 Å². The fourth-order valence-corrected chi connectivity index (χ4v) is 3.39. The van der Waals surface area contributed by atoms with Crippen LogP contribution in [0.4, 0.5) is 14.6 Å². The van der Waals surface area contributed by atoms with E-state index in [1.165, 1.54) is 18.2 Å². The molecule has 0 bridgehead atoms. The smallest absolute Gasteiger partial charge is 0.251 e. The molecule has 1 fully saturated rings. The number of ether oxygens (including phenoxy) is 1. The summed E-state index contributed by atoms with van der Waals surface area (Å²) >= 11 is 0. The number of pyridine rings is 1. The van der Waals surface area contributed by atoms with Gasteiger partial charge >= 0.3 is 0 Å². The van der Waals surface area contributed by atoms with Crippen LogP contribution in [-0.2, 0) is 11.2 Å². The Labute approximate surface area is 166 Å². The number of H-pyrrole nitrogens is 1. The summed E-state index contributed by atoms with van der Waals surface area (Å²) in [5, 5.41) is 3.29. The van der Waals surface area contributed by atoms with Crippen LogP contribution in [0, 0.1) is 11.6 Å². The molecule has 0 radical (unpaired) electrons. The van der Waals surface area contributed by atoms with E-state index in [9.17, 15) is 13.6 Å². The molecule has 2 N–H and O–H groups in total. The standard InChI is InChI=1S/C21H20F2N4O2/c1-2-14-10-19(28)27-21(25-14)13-4-6-18(24-11-13)26-17-7-8-29-20(17)12-3-5-15(22)16(23)9-12/h3-6,9-11,17,20H,2,7-8H2,1H3,(H,24,26)(H,25,27,28). The fraction of sp³-hybridized carbons (Fsp3) is 0.286. The zero-order valence-corrected chi connectivity index (χ0v) is 15.8. The molecule has 3 aromatic rings. The molecule has 1 aromatic carbocycles. The summed E-state index contributed by atoms with van der Waals surface area (Å²) in [4.78, 5) is 23.3. The lowest BCUT2D eigenvalue weighted by molar-refractivity contribution is 0.107. The third-order valence-corrected chi connectivity index (χ3v) is 4.89. The SMILES string of the molecule is CCc1cc(=O)[nH]c(-c2ccc(NC3CCOC3c3ccc(F)c(F)c3)nc2)n1. The van der Waals surface area contributed by atoms with E-state index in [0.29, 0.717) is 47.9 Å². The van der Waals surface area contributed by atoms with Gasteiger partial charge < -0.3 is 15.0 Å². The molecular weight excluding hydrogens is 378 g/mol. The average Bonchev–Trinajstić information content (AvgIpc) is 3.18. The molecule has 2 atom stereocenters. The van der Waals surface area contributed by atoms with Gasteiger partial charge in [-0.25, -0.2) is 18.7 Å². The maximum Gasteiger partial charge on any atom is 0.251 e. The van der Waals surface area contributed by atoms with E-state index in [1.54, 1.807) is 12.3 Å². The first-order valence-electron chi connectivity index (χ1n) is 9.43. The molecule has 150 valence electrons. The first-order valence-corrected chi connectivity index (χ1v) is 9.43. The van der Waals surface area contributed by atoms with Crippen molar-refractivity contribution in [1.82, 2.24) is 15.0 Å². The molecular formula is C21H20F2N4O2. The first-order chi connectivity index (χ1) is 14.0. The Morgan fingerprint density at radius 3 is 2.79 bits per heavy atom. The van der Waals surface area contributed by atoms with E-state index in [-0.39, 0.29) is 11.6 Å². The van der Waals surface area contributed by atoms with Crippen molar-refractivity contribution in [3.8, 4) is 11.4 Å². The Balaban J connectivity index is 1.51. The van der Waals surface area contributed by atoms with Gasteiger partial charge in [0.15, 0.2) is 11.6 Å². The highest BCUT2D eigenvalue weighted by molar-refractivity contribution is 5.56. The largest absolute Gasteiger partial charge is 0.371 e. The van der Waals surface area contributed by atoms with E-state index >= 15 is 0 Å². The van der Waals surface area contributed by atoms with E-state index in [0.717, 1.165) is 6.07 Å². The maximum atomic E-state index is 13.6. The lowest BCUT2D eigenvalue weighted by Gasteiger charge is -2.21. The number of hydrogen-bond acceptors (Lipinski definition) is 5. The van der Waals surface area contributed by atoms with Gasteiger partial charge in [-0.05, 0) is 42.7 Å². The number of halogens is 2. The minimum absolute atomic E-state index is 0.125. The van der Waals surface area contributed by atoms with E-state index < -0.39 is 17.7 Å². The highest BCUT2D eigenvalue weighted by Crippen LogP contribution is 2.32. The predicted molar refractivity (Wildman–Crippen MR) is 105 cm³/mol. The molecule has 1 aliphatic rings. The van der Waals surface area contributed by atoms with Gasteiger partial charge in [0.25, 0.3) is 5.56 Å². The minimum Gasteiger partial charge on any atom is -0.371 e. The van der Waals surface area contributed by atoms with Crippen molar-refractivity contribution in [2.75, 3.05) is 11.9 Å². The number of anilines is 1. The van der Waals surface area contributed by atoms with E-state index in [2.05, 4.69) is 20.3 Å². The zero-order valence-electron chi connectivity index (χ0n) is 15.8. The van der Waals surface area contributed by atoms with Crippen LogP contribution in [0.15, 0.2) is 47.4 Å². The fourth-order valence-electron chi connectivity index (χ4n) is 3.39. The van der Waals surface area contributed by atoms with Gasteiger partial charge in [0.1, 0.15) is 17.7 Å². The Kier molecular flexibility index (Phi) is 5.35. The van der Waals surface area contributed by atoms with Crippen LogP contribution in [0.5, 0.6) is 0 Å². The average molecular weight is 398 g/mol. The van der Waals surface area contributed by atoms with Crippen LogP contribution < -0.4 is 10.9 Å². The normalized spacial score (nSPS) is 18.7. The monoisotopic (exact) mass is 398 g/mol. The number of rotatable bonds is 5. The highest BCUT2D eigenvalue weighted by Gasteiger charge is 2.30. The summed E-state index contributed by atoms with van der Waals surface area (Å²) in [5.41, 5.74) is 1.78. The molecule has 1 saturated heterocycles. The molecule has 4 rings (SSSR count). The van der Waals surface area contributed by atoms with Gasteiger partial charge in [-0.2, -0.15) is 0 Å². The summed E-state index contributed by atoms with van der Waals surface area (Å²) in [6.07, 6.45) is 2.60. The summed E-state index contributed by atoms with van der Waals surface area (Å²) in [7, 11) is 0. The molecule has 29 heavy (non-hydrogen) atoms. The van der Waals surface area contributed by atoms with Crippen molar-refractivity contribution in [3.63, 3.8) is 0 Å². The number of aryl methyl sites for hydroxylation is 1. The van der Waals surface area contributed by atoms with Gasteiger partial charge in [-0.15, -0.1) is 0 Å². The topological polar surface area (TPSA) is 79.9 Å². The summed E-state index contributed by atoms with van der Waals surface area (Å²) in [6, 6.07) is 8.76. The number of aromatic nitrogens is 3. The Morgan fingerprint density at radius 1 is 1.21 bits per heavy atom. The number of hydrogen-bond donors (Lipinski definition) is 2. The lowest BCUT2D eigenvalue weighted by atomic mass is 10.0. The molecule has 6 nitrogen and oxygen atoms in total. The van der Waals surface area contributed by atoms with Crippen LogP contribution in [0.25, 0.3) is 11.4 Å². The highest BCUT2D eigenvalue weighted by atomic mass is 19.2. The van der Waals surface area contributed by atoms with Gasteiger partial charge in [-0.3, -0.25) is 4.79 Å². The number of nitrogens with zero attached hydrogens (tertiary/aromatic N) is 2. The van der Waals surface area contributed by atoms with Crippen molar-refractivity contribution < 1.29 is 13.5 Å². The summed E-state index contributed by atoms with van der Waals surface area (Å²) < 4.78 is 32.5. The second-order valence-corrected chi connectivity index (χ2v) is 6.88. The van der Waals surface area contributed by atoms with Crippen LogP contribution >= 0.6 is 0 Å². The number of aromatic amines is 1. The van der Waals surface area contributed by atoms with Crippen LogP contribution in [-0.4, -0.2) is 27.6 Å². The Bertz CT molecular complexity index is 1070. The van der Waals surface area contributed by atoms with Crippen molar-refractivity contribution in [2.24, 2.45) is 0 Å². The third kappa shape index (κ3) is 4.17. The van der Waals surface area contributed by atoms with Crippen molar-refractivity contribution in [3.05, 3.63) is 75.8 Å². The molecule has 8 heteroatoms. The molecule has 0 aliphatic carbocycles. The lowest BCUT2D eigenvalue weighted by Crippen LogP contribution is -2.23. The van der Waals surface area contributed by atoms with Crippen molar-refractivity contribution >= 4 is 5.82 Å². The van der Waals surface area contributed by atoms with Crippen LogP contribution in [0.3, 0.4) is 0 Å². The molecule has 3 heterocycles. The predicted octanol–water partition coefficient (Wildman–Crippen LogP) is 3.61. The van der Waals surface area contributed by atoms with Gasteiger partial charge in [-0.1, -0.05) is 13.0 Å². The zero-order chi connectivity index (χ0) is 20.4. The van der Waals surface area contributed by atoms with E-state index in [4.69, 9.17) is 4.74 Å². The molecule has 0 spiro atoms. The van der Waals surface area contributed by atoms with Gasteiger partial charge in [0.05, 0.1) is 6.04 Å². The second kappa shape index (κ2) is 8.08.